The molecule has 0 radical (unpaired) electrons. The van der Waals surface area contributed by atoms with Crippen LogP contribution in [0.15, 0.2) is 61.2 Å². The van der Waals surface area contributed by atoms with Crippen molar-refractivity contribution in [2.75, 3.05) is 13.2 Å². The molecular weight excluding hydrogens is 362 g/mol. The van der Waals surface area contributed by atoms with Crippen molar-refractivity contribution in [1.82, 2.24) is 4.90 Å². The summed E-state index contributed by atoms with van der Waals surface area (Å²) >= 11 is 0. The number of benzene rings is 2. The zero-order chi connectivity index (χ0) is 21.4. The second kappa shape index (κ2) is 10.8. The number of hydrogen-bond acceptors (Lipinski definition) is 3. The molecule has 0 spiro atoms. The summed E-state index contributed by atoms with van der Waals surface area (Å²) in [6, 6.07) is 16.5. The second-order valence-electron chi connectivity index (χ2n) is 7.81. The highest BCUT2D eigenvalue weighted by Crippen LogP contribution is 2.37. The van der Waals surface area contributed by atoms with Gasteiger partial charge in [0.2, 0.25) is 0 Å². The molecule has 29 heavy (non-hydrogen) atoms. The average Bonchev–Trinajstić information content (AvgIpc) is 2.69. The number of hydrogen-bond donors (Lipinski definition) is 1. The van der Waals surface area contributed by atoms with E-state index in [1.165, 1.54) is 0 Å². The van der Waals surface area contributed by atoms with Crippen LogP contribution in [0.1, 0.15) is 61.5 Å². The van der Waals surface area contributed by atoms with Gasteiger partial charge in [-0.1, -0.05) is 55.1 Å². The van der Waals surface area contributed by atoms with Gasteiger partial charge in [0.05, 0.1) is 0 Å². The number of aromatic carboxylic acids is 1. The third kappa shape index (κ3) is 5.94. The standard InChI is InChI=1S/C25H33NO3/c1-6-17-29-24-22(13-10-14-23(24)25(27)28)21(20-11-8-7-9-12-20)15-16-26(18(2)3)19(4)5/h6-14,18-19,21H,1,15-17H2,2-5H3,(H,27,28). The summed E-state index contributed by atoms with van der Waals surface area (Å²) in [6.07, 6.45) is 2.51. The van der Waals surface area contributed by atoms with Crippen molar-refractivity contribution in [3.8, 4) is 5.75 Å². The molecule has 1 atom stereocenters. The highest BCUT2D eigenvalue weighted by Gasteiger charge is 2.24. The molecule has 1 unspecified atom stereocenters. The molecule has 0 aliphatic heterocycles. The van der Waals surface area contributed by atoms with Crippen LogP contribution in [0.2, 0.25) is 0 Å². The van der Waals surface area contributed by atoms with Gasteiger partial charge >= 0.3 is 5.97 Å². The van der Waals surface area contributed by atoms with Crippen molar-refractivity contribution in [2.45, 2.75) is 52.1 Å². The topological polar surface area (TPSA) is 49.8 Å². The number of carbonyl (C=O) groups is 1. The summed E-state index contributed by atoms with van der Waals surface area (Å²) in [5, 5.41) is 9.69. The van der Waals surface area contributed by atoms with Crippen molar-refractivity contribution in [3.05, 3.63) is 77.9 Å². The number of rotatable bonds is 11. The number of carboxylic acids is 1. The predicted octanol–water partition coefficient (Wildman–Crippen LogP) is 5.59. The van der Waals surface area contributed by atoms with E-state index in [1.54, 1.807) is 18.2 Å². The van der Waals surface area contributed by atoms with Crippen LogP contribution in [0.5, 0.6) is 5.75 Å². The average molecular weight is 396 g/mol. The molecule has 0 heterocycles. The van der Waals surface area contributed by atoms with E-state index in [9.17, 15) is 9.90 Å². The Hall–Kier alpha value is -2.59. The number of para-hydroxylation sites is 1. The molecule has 4 heteroatoms. The molecule has 1 N–H and O–H groups in total. The Morgan fingerprint density at radius 2 is 1.72 bits per heavy atom. The molecule has 0 aliphatic carbocycles. The van der Waals surface area contributed by atoms with Crippen molar-refractivity contribution in [2.24, 2.45) is 0 Å². The Morgan fingerprint density at radius 1 is 1.07 bits per heavy atom. The first-order valence-corrected chi connectivity index (χ1v) is 10.3. The monoisotopic (exact) mass is 395 g/mol. The van der Waals surface area contributed by atoms with Crippen LogP contribution in [-0.4, -0.2) is 41.2 Å². The minimum Gasteiger partial charge on any atom is -0.488 e. The van der Waals surface area contributed by atoms with Gasteiger partial charge in [0.25, 0.3) is 0 Å². The van der Waals surface area contributed by atoms with Crippen molar-refractivity contribution in [3.63, 3.8) is 0 Å². The van der Waals surface area contributed by atoms with Gasteiger partial charge < -0.3 is 9.84 Å². The van der Waals surface area contributed by atoms with Crippen LogP contribution in [0.25, 0.3) is 0 Å². The smallest absolute Gasteiger partial charge is 0.339 e. The third-order valence-electron chi connectivity index (χ3n) is 5.20. The summed E-state index contributed by atoms with van der Waals surface area (Å²) in [6.45, 7) is 13.7. The van der Waals surface area contributed by atoms with Crippen LogP contribution >= 0.6 is 0 Å². The lowest BCUT2D eigenvalue weighted by Gasteiger charge is -2.32. The molecular formula is C25H33NO3. The third-order valence-corrected chi connectivity index (χ3v) is 5.20. The van der Waals surface area contributed by atoms with E-state index in [0.29, 0.717) is 17.8 Å². The van der Waals surface area contributed by atoms with E-state index in [1.807, 2.05) is 24.3 Å². The largest absolute Gasteiger partial charge is 0.488 e. The highest BCUT2D eigenvalue weighted by molar-refractivity contribution is 5.91. The lowest BCUT2D eigenvalue weighted by molar-refractivity contribution is 0.0692. The lowest BCUT2D eigenvalue weighted by atomic mass is 9.86. The number of ether oxygens (including phenoxy) is 1. The maximum Gasteiger partial charge on any atom is 0.339 e. The molecule has 0 amide bonds. The Labute approximate surface area is 174 Å². The number of carboxylic acid groups (broad SMARTS) is 1. The first-order chi connectivity index (χ1) is 13.9. The van der Waals surface area contributed by atoms with Crippen LogP contribution in [-0.2, 0) is 0 Å². The normalized spacial score (nSPS) is 12.4. The van der Waals surface area contributed by atoms with Crippen molar-refractivity contribution in [1.29, 1.82) is 0 Å². The van der Waals surface area contributed by atoms with Crippen LogP contribution in [0, 0.1) is 0 Å². The van der Waals surface area contributed by atoms with Crippen LogP contribution < -0.4 is 4.74 Å². The van der Waals surface area contributed by atoms with E-state index in [0.717, 1.165) is 24.1 Å². The Bertz CT molecular complexity index is 791. The van der Waals surface area contributed by atoms with Gasteiger partial charge in [-0.05, 0) is 52.3 Å². The fourth-order valence-electron chi connectivity index (χ4n) is 3.88. The maximum absolute atomic E-state index is 11.8. The minimum atomic E-state index is -0.983. The molecule has 2 rings (SSSR count). The van der Waals surface area contributed by atoms with E-state index < -0.39 is 5.97 Å². The lowest BCUT2D eigenvalue weighted by Crippen LogP contribution is -2.38. The summed E-state index contributed by atoms with van der Waals surface area (Å²) in [5.41, 5.74) is 2.26. The van der Waals surface area contributed by atoms with E-state index in [-0.39, 0.29) is 18.1 Å². The maximum atomic E-state index is 11.8. The zero-order valence-corrected chi connectivity index (χ0v) is 18.0. The van der Waals surface area contributed by atoms with Crippen molar-refractivity contribution < 1.29 is 14.6 Å². The Morgan fingerprint density at radius 3 is 2.28 bits per heavy atom. The summed E-state index contributed by atoms with van der Waals surface area (Å²) < 4.78 is 5.87. The molecule has 4 nitrogen and oxygen atoms in total. The summed E-state index contributed by atoms with van der Waals surface area (Å²) in [4.78, 5) is 14.3. The van der Waals surface area contributed by atoms with Gasteiger partial charge in [0.1, 0.15) is 17.9 Å². The van der Waals surface area contributed by atoms with Crippen LogP contribution in [0.3, 0.4) is 0 Å². The molecule has 0 saturated carbocycles. The number of nitrogens with zero attached hydrogens (tertiary/aromatic N) is 1. The van der Waals surface area contributed by atoms with E-state index in [4.69, 9.17) is 4.74 Å². The van der Waals surface area contributed by atoms with Gasteiger partial charge in [-0.15, -0.1) is 0 Å². The Kier molecular flexibility index (Phi) is 8.47. The SMILES string of the molecule is C=CCOc1c(C(=O)O)cccc1C(CCN(C(C)C)C(C)C)c1ccccc1. The first-order valence-electron chi connectivity index (χ1n) is 10.3. The van der Waals surface area contributed by atoms with Crippen LogP contribution in [0.4, 0.5) is 0 Å². The van der Waals surface area contributed by atoms with Gasteiger partial charge in [0, 0.05) is 23.6 Å². The zero-order valence-electron chi connectivity index (χ0n) is 18.0. The molecule has 0 saturated heterocycles. The predicted molar refractivity (Wildman–Crippen MR) is 119 cm³/mol. The van der Waals surface area contributed by atoms with E-state index >= 15 is 0 Å². The molecule has 0 aliphatic rings. The molecule has 2 aromatic carbocycles. The summed E-state index contributed by atoms with van der Waals surface area (Å²) in [7, 11) is 0. The highest BCUT2D eigenvalue weighted by atomic mass is 16.5. The quantitative estimate of drug-likeness (QED) is 0.504. The van der Waals surface area contributed by atoms with Gasteiger partial charge in [-0.3, -0.25) is 4.90 Å². The molecule has 2 aromatic rings. The minimum absolute atomic E-state index is 0.0373. The molecule has 0 aromatic heterocycles. The fraction of sp³-hybridized carbons (Fsp3) is 0.400. The molecule has 156 valence electrons. The molecule has 0 bridgehead atoms. The Balaban J connectivity index is 2.50. The first kappa shape index (κ1) is 22.7. The van der Waals surface area contributed by atoms with Gasteiger partial charge in [0.15, 0.2) is 0 Å². The van der Waals surface area contributed by atoms with Gasteiger partial charge in [-0.25, -0.2) is 4.79 Å². The second-order valence-corrected chi connectivity index (χ2v) is 7.81. The summed E-state index contributed by atoms with van der Waals surface area (Å²) in [5.74, 6) is -0.506. The van der Waals surface area contributed by atoms with E-state index in [2.05, 4.69) is 51.3 Å². The van der Waals surface area contributed by atoms with Gasteiger partial charge in [-0.2, -0.15) is 0 Å². The fourth-order valence-corrected chi connectivity index (χ4v) is 3.88. The van der Waals surface area contributed by atoms with Crippen molar-refractivity contribution >= 4 is 5.97 Å². The molecule has 0 fully saturated rings.